The van der Waals surface area contributed by atoms with Crippen LogP contribution in [0.4, 0.5) is 0 Å². The van der Waals surface area contributed by atoms with Gasteiger partial charge in [-0.15, -0.1) is 0 Å². The molecule has 0 aromatic carbocycles. The summed E-state index contributed by atoms with van der Waals surface area (Å²) in [5, 5.41) is 13.0. The Bertz CT molecular complexity index is 751. The molecule has 0 spiro atoms. The van der Waals surface area contributed by atoms with Gasteiger partial charge in [0.05, 0.1) is 0 Å². The van der Waals surface area contributed by atoms with Crippen LogP contribution in [0.2, 0.25) is 0 Å². The van der Waals surface area contributed by atoms with Gasteiger partial charge in [0.15, 0.2) is 5.76 Å². The molecule has 0 saturated carbocycles. The van der Waals surface area contributed by atoms with E-state index in [0.29, 0.717) is 38.2 Å². The average Bonchev–Trinajstić information content (AvgIpc) is 2.62. The maximum Gasteiger partial charge on any atom is 0.240 e. The number of aryl methyl sites for hydroxylation is 1. The minimum Gasteiger partial charge on any atom is -0.502 e. The first-order valence-corrected chi connectivity index (χ1v) is 9.21. The van der Waals surface area contributed by atoms with E-state index in [0.717, 1.165) is 0 Å². The van der Waals surface area contributed by atoms with Crippen LogP contribution in [0, 0.1) is 12.8 Å². The molecule has 2 rings (SSSR count). The van der Waals surface area contributed by atoms with Crippen molar-refractivity contribution in [2.24, 2.45) is 11.7 Å². The van der Waals surface area contributed by atoms with Crippen LogP contribution >= 0.6 is 0 Å². The molecule has 8 nitrogen and oxygen atoms in total. The van der Waals surface area contributed by atoms with Crippen molar-refractivity contribution < 1.29 is 23.8 Å². The molecule has 1 aromatic heterocycles. The third kappa shape index (κ3) is 4.68. The van der Waals surface area contributed by atoms with Gasteiger partial charge in [0.2, 0.25) is 23.0 Å². The Morgan fingerprint density at radius 3 is 2.56 bits per heavy atom. The van der Waals surface area contributed by atoms with Gasteiger partial charge >= 0.3 is 0 Å². The van der Waals surface area contributed by atoms with Crippen LogP contribution in [0.25, 0.3) is 0 Å². The lowest BCUT2D eigenvalue weighted by molar-refractivity contribution is -0.130. The highest BCUT2D eigenvalue weighted by Crippen LogP contribution is 2.41. The summed E-state index contributed by atoms with van der Waals surface area (Å²) in [6.45, 7) is 6.10. The zero-order valence-electron chi connectivity index (χ0n) is 16.0. The van der Waals surface area contributed by atoms with Crippen LogP contribution in [0.15, 0.2) is 15.3 Å². The summed E-state index contributed by atoms with van der Waals surface area (Å²) in [4.78, 5) is 36.5. The number of nitrogens with one attached hydrogen (secondary N) is 1. The van der Waals surface area contributed by atoms with E-state index in [1.807, 2.05) is 13.8 Å². The molecule has 0 bridgehead atoms. The molecule has 0 aliphatic carbocycles. The van der Waals surface area contributed by atoms with E-state index >= 15 is 0 Å². The van der Waals surface area contributed by atoms with Crippen molar-refractivity contribution in [3.8, 4) is 5.75 Å². The molecule has 4 N–H and O–H groups in total. The summed E-state index contributed by atoms with van der Waals surface area (Å²) in [5.74, 6) is -1.11. The Balaban J connectivity index is 2.33. The second-order valence-electron chi connectivity index (χ2n) is 7.30. The number of amides is 2. The number of carbonyl (C=O) groups excluding carboxylic acids is 2. The molecule has 2 atom stereocenters. The number of carbonyl (C=O) groups is 2. The number of aromatic hydroxyl groups is 1. The lowest BCUT2D eigenvalue weighted by Gasteiger charge is -2.36. The molecule has 1 fully saturated rings. The molecule has 1 saturated heterocycles. The van der Waals surface area contributed by atoms with Crippen LogP contribution in [-0.4, -0.2) is 36.2 Å². The maximum atomic E-state index is 12.7. The highest BCUT2D eigenvalue weighted by atomic mass is 16.5. The fourth-order valence-corrected chi connectivity index (χ4v) is 3.47. The van der Waals surface area contributed by atoms with E-state index in [2.05, 4.69) is 5.32 Å². The summed E-state index contributed by atoms with van der Waals surface area (Å²) in [5.41, 5.74) is 4.00. The zero-order chi connectivity index (χ0) is 20.2. The van der Waals surface area contributed by atoms with Gasteiger partial charge in [0.25, 0.3) is 0 Å². The number of hydrogen-bond acceptors (Lipinski definition) is 6. The molecule has 2 heterocycles. The van der Waals surface area contributed by atoms with Gasteiger partial charge < -0.3 is 25.3 Å². The van der Waals surface area contributed by atoms with Gasteiger partial charge in [-0.1, -0.05) is 20.3 Å². The minimum absolute atomic E-state index is 0.0451. The standard InChI is InChI=1S/C19H28N2O6/c1-4-11(2)15(18(20)25)21-14(23)10-19(5-7-26-8-6-19)17-16(24)13(22)9-12(3)27-17/h9,11,15,24H,4-8,10H2,1-3H3,(H2,20,25)(H,21,23)/t11-,15-/m0/s1. The van der Waals surface area contributed by atoms with E-state index in [4.69, 9.17) is 14.9 Å². The Kier molecular flexibility index (Phi) is 6.64. The van der Waals surface area contributed by atoms with Crippen molar-refractivity contribution in [2.45, 2.75) is 57.9 Å². The van der Waals surface area contributed by atoms with Gasteiger partial charge in [-0.2, -0.15) is 0 Å². The molecule has 1 aliphatic rings. The van der Waals surface area contributed by atoms with E-state index in [-0.39, 0.29) is 24.0 Å². The average molecular weight is 380 g/mol. The van der Waals surface area contributed by atoms with Crippen molar-refractivity contribution in [2.75, 3.05) is 13.2 Å². The van der Waals surface area contributed by atoms with Gasteiger partial charge in [-0.3, -0.25) is 14.4 Å². The quantitative estimate of drug-likeness (QED) is 0.649. The number of primary amides is 1. The first-order chi connectivity index (χ1) is 12.7. The van der Waals surface area contributed by atoms with Gasteiger partial charge in [0, 0.05) is 31.1 Å². The lowest BCUT2D eigenvalue weighted by atomic mass is 9.74. The summed E-state index contributed by atoms with van der Waals surface area (Å²) in [6.07, 6.45) is 1.45. The summed E-state index contributed by atoms with van der Waals surface area (Å²) >= 11 is 0. The highest BCUT2D eigenvalue weighted by molar-refractivity contribution is 5.87. The normalized spacial score (nSPS) is 18.5. The third-order valence-corrected chi connectivity index (χ3v) is 5.31. The molecular weight excluding hydrogens is 352 g/mol. The Labute approximate surface area is 158 Å². The van der Waals surface area contributed by atoms with Gasteiger partial charge in [0.1, 0.15) is 11.8 Å². The fraction of sp³-hybridized carbons (Fsp3) is 0.632. The maximum absolute atomic E-state index is 12.7. The smallest absolute Gasteiger partial charge is 0.240 e. The van der Waals surface area contributed by atoms with Crippen molar-refractivity contribution in [3.63, 3.8) is 0 Å². The minimum atomic E-state index is -0.880. The van der Waals surface area contributed by atoms with Crippen LogP contribution < -0.4 is 16.5 Å². The van der Waals surface area contributed by atoms with Crippen LogP contribution in [0.5, 0.6) is 5.75 Å². The summed E-state index contributed by atoms with van der Waals surface area (Å²) < 4.78 is 11.1. The van der Waals surface area contributed by atoms with Crippen molar-refractivity contribution in [1.82, 2.24) is 5.32 Å². The SMILES string of the molecule is CC[C@H](C)[C@H](NC(=O)CC1(c2oc(C)cc(=O)c2O)CCOCC1)C(N)=O. The first kappa shape index (κ1) is 21.0. The molecule has 150 valence electrons. The summed E-state index contributed by atoms with van der Waals surface area (Å²) in [7, 11) is 0. The van der Waals surface area contributed by atoms with E-state index in [1.54, 1.807) is 6.92 Å². The highest BCUT2D eigenvalue weighted by Gasteiger charge is 2.42. The zero-order valence-corrected chi connectivity index (χ0v) is 16.0. The predicted octanol–water partition coefficient (Wildman–Crippen LogP) is 1.11. The van der Waals surface area contributed by atoms with Gasteiger partial charge in [-0.25, -0.2) is 0 Å². The lowest BCUT2D eigenvalue weighted by Crippen LogP contribution is -2.50. The van der Waals surface area contributed by atoms with Crippen LogP contribution in [-0.2, 0) is 19.7 Å². The molecule has 0 radical (unpaired) electrons. The largest absolute Gasteiger partial charge is 0.502 e. The van der Waals surface area contributed by atoms with Crippen molar-refractivity contribution in [1.29, 1.82) is 0 Å². The first-order valence-electron chi connectivity index (χ1n) is 9.21. The molecule has 0 unspecified atom stereocenters. The third-order valence-electron chi connectivity index (χ3n) is 5.31. The van der Waals surface area contributed by atoms with Crippen LogP contribution in [0.1, 0.15) is 51.1 Å². The Morgan fingerprint density at radius 2 is 2.00 bits per heavy atom. The van der Waals surface area contributed by atoms with E-state index in [9.17, 15) is 19.5 Å². The van der Waals surface area contributed by atoms with Gasteiger partial charge in [-0.05, 0) is 25.7 Å². The second kappa shape index (κ2) is 8.56. The van der Waals surface area contributed by atoms with Crippen molar-refractivity contribution in [3.05, 3.63) is 27.8 Å². The topological polar surface area (TPSA) is 132 Å². The second-order valence-corrected chi connectivity index (χ2v) is 7.30. The predicted molar refractivity (Wildman–Crippen MR) is 98.3 cm³/mol. The van der Waals surface area contributed by atoms with Crippen molar-refractivity contribution >= 4 is 11.8 Å². The number of ether oxygens (including phenoxy) is 1. The monoisotopic (exact) mass is 380 g/mol. The molecule has 27 heavy (non-hydrogen) atoms. The van der Waals surface area contributed by atoms with E-state index in [1.165, 1.54) is 6.07 Å². The number of rotatable bonds is 7. The molecular formula is C19H28N2O6. The molecule has 8 heteroatoms. The summed E-state index contributed by atoms with van der Waals surface area (Å²) in [6, 6.07) is 0.426. The Hall–Kier alpha value is -2.35. The van der Waals surface area contributed by atoms with Crippen LogP contribution in [0.3, 0.4) is 0 Å². The molecule has 2 amide bonds. The fourth-order valence-electron chi connectivity index (χ4n) is 3.47. The molecule has 1 aromatic rings. The Morgan fingerprint density at radius 1 is 1.37 bits per heavy atom. The number of hydrogen-bond donors (Lipinski definition) is 3. The number of nitrogens with two attached hydrogens (primary N) is 1. The molecule has 1 aliphatic heterocycles. The van der Waals surface area contributed by atoms with E-state index < -0.39 is 28.5 Å².